The summed E-state index contributed by atoms with van der Waals surface area (Å²) in [4.78, 5) is 38.8. The van der Waals surface area contributed by atoms with E-state index in [1.54, 1.807) is 72.8 Å². The normalized spacial score (nSPS) is 11.3. The first-order valence-electron chi connectivity index (χ1n) is 9.92. The van der Waals surface area contributed by atoms with E-state index in [1.807, 2.05) is 13.0 Å². The van der Waals surface area contributed by atoms with E-state index < -0.39 is 30.5 Å². The fourth-order valence-electron chi connectivity index (χ4n) is 3.25. The summed E-state index contributed by atoms with van der Waals surface area (Å²) in [5, 5.41) is 15.1. The fraction of sp³-hybridized carbons (Fsp3) is 0.125. The van der Waals surface area contributed by atoms with Gasteiger partial charge in [-0.05, 0) is 54.4 Å². The van der Waals surface area contributed by atoms with Crippen LogP contribution in [0.15, 0.2) is 78.9 Å². The molecule has 8 nitrogen and oxygen atoms in total. The van der Waals surface area contributed by atoms with E-state index >= 15 is 0 Å². The number of hydrogen-bond donors (Lipinski definition) is 4. The number of para-hydroxylation sites is 1. The van der Waals surface area contributed by atoms with E-state index in [1.165, 1.54) is 0 Å². The summed E-state index contributed by atoms with van der Waals surface area (Å²) in [6, 6.07) is 20.1. The molecule has 0 fully saturated rings. The van der Waals surface area contributed by atoms with Gasteiger partial charge in [0.15, 0.2) is 6.04 Å². The molecule has 0 aliphatic rings. The number of nitrogen functional groups attached to an aromatic ring is 1. The zero-order chi connectivity index (χ0) is 23.1. The second-order valence-electron chi connectivity index (χ2n) is 7.18. The highest BCUT2D eigenvalue weighted by molar-refractivity contribution is 6.02. The molecule has 1 unspecified atom stereocenters. The molecule has 0 aliphatic carbocycles. The minimum atomic E-state index is -1.30. The van der Waals surface area contributed by atoms with E-state index in [2.05, 4.69) is 10.6 Å². The maximum absolute atomic E-state index is 13.1. The number of aryl methyl sites for hydroxylation is 1. The molecule has 0 saturated carbocycles. The Morgan fingerprint density at radius 3 is 2.28 bits per heavy atom. The maximum Gasteiger partial charge on any atom is 0.331 e. The second-order valence-corrected chi connectivity index (χ2v) is 7.18. The van der Waals surface area contributed by atoms with E-state index in [4.69, 9.17) is 5.73 Å². The Hall–Kier alpha value is -4.33. The molecule has 0 radical (unpaired) electrons. The lowest BCUT2D eigenvalue weighted by Crippen LogP contribution is -2.45. The number of rotatable bonds is 7. The van der Waals surface area contributed by atoms with Crippen molar-refractivity contribution < 1.29 is 19.5 Å². The van der Waals surface area contributed by atoms with Crippen LogP contribution in [0.2, 0.25) is 0 Å². The highest BCUT2D eigenvalue weighted by Gasteiger charge is 2.32. The molecule has 0 saturated heterocycles. The number of carbonyl (C=O) groups excluding carboxylic acids is 2. The number of benzene rings is 3. The Bertz CT molecular complexity index is 1100. The Morgan fingerprint density at radius 1 is 0.969 bits per heavy atom. The van der Waals surface area contributed by atoms with Crippen LogP contribution in [0.5, 0.6) is 0 Å². The monoisotopic (exact) mass is 432 g/mol. The maximum atomic E-state index is 13.1. The smallest absolute Gasteiger partial charge is 0.331 e. The third-order valence-corrected chi connectivity index (χ3v) is 4.72. The molecule has 164 valence electrons. The zero-order valence-corrected chi connectivity index (χ0v) is 17.5. The van der Waals surface area contributed by atoms with Gasteiger partial charge in [0.25, 0.3) is 0 Å². The average molecular weight is 432 g/mol. The molecule has 0 bridgehead atoms. The van der Waals surface area contributed by atoms with Gasteiger partial charge in [-0.2, -0.15) is 0 Å². The topological polar surface area (TPSA) is 125 Å². The summed E-state index contributed by atoms with van der Waals surface area (Å²) in [6.07, 6.45) is 0. The van der Waals surface area contributed by atoms with Gasteiger partial charge in [-0.25, -0.2) is 9.59 Å². The molecule has 32 heavy (non-hydrogen) atoms. The summed E-state index contributed by atoms with van der Waals surface area (Å²) in [5.74, 6) is -1.80. The number of nitrogens with one attached hydrogen (secondary N) is 2. The summed E-state index contributed by atoms with van der Waals surface area (Å²) >= 11 is 0. The molecule has 0 heterocycles. The van der Waals surface area contributed by atoms with E-state index in [-0.39, 0.29) is 0 Å². The number of aliphatic carboxylic acids is 1. The van der Waals surface area contributed by atoms with Crippen molar-refractivity contribution in [3.05, 3.63) is 90.0 Å². The number of anilines is 3. The first kappa shape index (κ1) is 22.4. The lowest BCUT2D eigenvalue weighted by atomic mass is 10.0. The molecule has 0 spiro atoms. The van der Waals surface area contributed by atoms with Crippen molar-refractivity contribution in [1.29, 1.82) is 0 Å². The van der Waals surface area contributed by atoms with Crippen LogP contribution in [0.1, 0.15) is 17.2 Å². The van der Waals surface area contributed by atoms with Crippen molar-refractivity contribution in [2.45, 2.75) is 13.0 Å². The zero-order valence-electron chi connectivity index (χ0n) is 17.5. The SMILES string of the molecule is Cc1cccc(NC(=O)NCC(=O)N(c2ccccc2)C(C(=O)O)c2ccc(N)cc2)c1. The van der Waals surface area contributed by atoms with E-state index in [0.717, 1.165) is 10.5 Å². The summed E-state index contributed by atoms with van der Waals surface area (Å²) in [6.45, 7) is 1.50. The van der Waals surface area contributed by atoms with Gasteiger partial charge in [0.2, 0.25) is 5.91 Å². The lowest BCUT2D eigenvalue weighted by Gasteiger charge is -2.29. The highest BCUT2D eigenvalue weighted by atomic mass is 16.4. The molecule has 3 aromatic rings. The minimum Gasteiger partial charge on any atom is -0.479 e. The Morgan fingerprint density at radius 2 is 1.66 bits per heavy atom. The molecule has 3 rings (SSSR count). The van der Waals surface area contributed by atoms with Crippen LogP contribution in [0.3, 0.4) is 0 Å². The third kappa shape index (κ3) is 5.63. The van der Waals surface area contributed by atoms with Gasteiger partial charge in [-0.15, -0.1) is 0 Å². The number of carboxylic acid groups (broad SMARTS) is 1. The fourth-order valence-corrected chi connectivity index (χ4v) is 3.25. The standard InChI is InChI=1S/C24H24N4O4/c1-16-6-5-7-19(14-16)27-24(32)26-15-21(29)28(20-8-3-2-4-9-20)22(23(30)31)17-10-12-18(25)13-11-17/h2-14,22H,15,25H2,1H3,(H,30,31)(H2,26,27,32). The van der Waals surface area contributed by atoms with Gasteiger partial charge in [0.1, 0.15) is 0 Å². The Labute approximate surface area is 185 Å². The Kier molecular flexibility index (Phi) is 7.07. The number of carboxylic acids is 1. The highest BCUT2D eigenvalue weighted by Crippen LogP contribution is 2.28. The van der Waals surface area contributed by atoms with Crippen molar-refractivity contribution in [2.24, 2.45) is 0 Å². The summed E-state index contributed by atoms with van der Waals surface area (Å²) in [7, 11) is 0. The molecule has 0 aromatic heterocycles. The molecular weight excluding hydrogens is 408 g/mol. The number of amides is 3. The van der Waals surface area contributed by atoms with Crippen molar-refractivity contribution >= 4 is 35.0 Å². The van der Waals surface area contributed by atoms with Crippen LogP contribution in [0.25, 0.3) is 0 Å². The predicted octanol–water partition coefficient (Wildman–Crippen LogP) is 3.56. The molecule has 5 N–H and O–H groups in total. The quantitative estimate of drug-likeness (QED) is 0.425. The first-order valence-corrected chi connectivity index (χ1v) is 9.92. The minimum absolute atomic E-state index is 0.383. The summed E-state index contributed by atoms with van der Waals surface area (Å²) in [5.41, 5.74) is 8.53. The first-order chi connectivity index (χ1) is 15.3. The third-order valence-electron chi connectivity index (χ3n) is 4.72. The van der Waals surface area contributed by atoms with Gasteiger partial charge in [-0.1, -0.05) is 42.5 Å². The van der Waals surface area contributed by atoms with Crippen molar-refractivity contribution in [3.63, 3.8) is 0 Å². The number of urea groups is 1. The molecule has 8 heteroatoms. The lowest BCUT2D eigenvalue weighted by molar-refractivity contribution is -0.140. The molecule has 3 aromatic carbocycles. The van der Waals surface area contributed by atoms with Gasteiger partial charge in [-0.3, -0.25) is 9.69 Å². The second kappa shape index (κ2) is 10.1. The van der Waals surface area contributed by atoms with Gasteiger partial charge < -0.3 is 21.5 Å². The van der Waals surface area contributed by atoms with Gasteiger partial charge in [0.05, 0.1) is 6.54 Å². The van der Waals surface area contributed by atoms with Crippen LogP contribution in [0, 0.1) is 6.92 Å². The molecular formula is C24H24N4O4. The number of nitrogens with two attached hydrogens (primary N) is 1. The van der Waals surface area contributed by atoms with Crippen LogP contribution in [-0.2, 0) is 9.59 Å². The van der Waals surface area contributed by atoms with Crippen LogP contribution < -0.4 is 21.3 Å². The average Bonchev–Trinajstić information content (AvgIpc) is 2.77. The largest absolute Gasteiger partial charge is 0.479 e. The molecule has 0 aliphatic heterocycles. The van der Waals surface area contributed by atoms with Crippen LogP contribution in [0.4, 0.5) is 21.9 Å². The van der Waals surface area contributed by atoms with Crippen molar-refractivity contribution in [1.82, 2.24) is 5.32 Å². The summed E-state index contributed by atoms with van der Waals surface area (Å²) < 4.78 is 0. The van der Waals surface area contributed by atoms with E-state index in [9.17, 15) is 19.5 Å². The van der Waals surface area contributed by atoms with E-state index in [0.29, 0.717) is 22.6 Å². The number of carbonyl (C=O) groups is 3. The van der Waals surface area contributed by atoms with Gasteiger partial charge >= 0.3 is 12.0 Å². The Balaban J connectivity index is 1.81. The van der Waals surface area contributed by atoms with Crippen molar-refractivity contribution in [2.75, 3.05) is 22.5 Å². The van der Waals surface area contributed by atoms with Gasteiger partial charge in [0, 0.05) is 17.1 Å². The molecule has 3 amide bonds. The predicted molar refractivity (Wildman–Crippen MR) is 123 cm³/mol. The van der Waals surface area contributed by atoms with Crippen LogP contribution in [-0.4, -0.2) is 29.6 Å². The number of hydrogen-bond acceptors (Lipinski definition) is 4. The number of nitrogens with zero attached hydrogens (tertiary/aromatic N) is 1. The molecule has 1 atom stereocenters. The van der Waals surface area contributed by atoms with Crippen LogP contribution >= 0.6 is 0 Å². The van der Waals surface area contributed by atoms with Crippen molar-refractivity contribution in [3.8, 4) is 0 Å².